The maximum atomic E-state index is 13.2. The van der Waals surface area contributed by atoms with Gasteiger partial charge in [0.15, 0.2) is 0 Å². The lowest BCUT2D eigenvalue weighted by Crippen LogP contribution is -2.44. The predicted octanol–water partition coefficient (Wildman–Crippen LogP) is 3.48. The van der Waals surface area contributed by atoms with Crippen LogP contribution in [0.4, 0.5) is 5.69 Å². The minimum absolute atomic E-state index is 0.00869. The van der Waals surface area contributed by atoms with Gasteiger partial charge < -0.3 is 14.8 Å². The number of anilines is 1. The maximum absolute atomic E-state index is 13.2. The van der Waals surface area contributed by atoms with Crippen molar-refractivity contribution in [1.82, 2.24) is 4.98 Å². The third-order valence-corrected chi connectivity index (χ3v) is 4.67. The molecule has 132 valence electrons. The number of nitrogens with one attached hydrogen (secondary N) is 1. The highest BCUT2D eigenvalue weighted by atomic mass is 16.5. The zero-order valence-corrected chi connectivity index (χ0v) is 14.7. The van der Waals surface area contributed by atoms with Crippen LogP contribution in [0.3, 0.4) is 0 Å². The summed E-state index contributed by atoms with van der Waals surface area (Å²) in [5, 5.41) is 3.02. The largest absolute Gasteiger partial charge is 0.478 e. The van der Waals surface area contributed by atoms with Crippen LogP contribution in [0, 0.1) is 6.92 Å². The fourth-order valence-electron chi connectivity index (χ4n) is 3.18. The van der Waals surface area contributed by atoms with E-state index in [0.717, 1.165) is 5.56 Å². The van der Waals surface area contributed by atoms with Crippen LogP contribution >= 0.6 is 0 Å². The quantitative estimate of drug-likeness (QED) is 0.905. The van der Waals surface area contributed by atoms with E-state index in [4.69, 9.17) is 9.47 Å². The molecule has 0 unspecified atom stereocenters. The number of benzene rings is 1. The molecule has 1 N–H and O–H groups in total. The first-order valence-corrected chi connectivity index (χ1v) is 8.69. The van der Waals surface area contributed by atoms with E-state index in [-0.39, 0.29) is 5.91 Å². The Morgan fingerprint density at radius 2 is 1.92 bits per heavy atom. The number of amides is 1. The van der Waals surface area contributed by atoms with Gasteiger partial charge in [-0.1, -0.05) is 29.8 Å². The monoisotopic (exact) mass is 340 g/mol. The van der Waals surface area contributed by atoms with Gasteiger partial charge in [-0.15, -0.1) is 0 Å². The number of pyridine rings is 1. The fourth-order valence-corrected chi connectivity index (χ4v) is 3.18. The van der Waals surface area contributed by atoms with Crippen molar-refractivity contribution in [2.24, 2.45) is 0 Å². The topological polar surface area (TPSA) is 60.5 Å². The summed E-state index contributed by atoms with van der Waals surface area (Å²) >= 11 is 0. The summed E-state index contributed by atoms with van der Waals surface area (Å²) in [5.41, 5.74) is 2.33. The van der Waals surface area contributed by atoms with Gasteiger partial charge in [0.1, 0.15) is 0 Å². The number of rotatable bonds is 5. The second-order valence-electron chi connectivity index (χ2n) is 6.33. The van der Waals surface area contributed by atoms with E-state index >= 15 is 0 Å². The van der Waals surface area contributed by atoms with Gasteiger partial charge in [0, 0.05) is 19.3 Å². The van der Waals surface area contributed by atoms with Gasteiger partial charge in [0.2, 0.25) is 11.8 Å². The molecule has 25 heavy (non-hydrogen) atoms. The number of ether oxygens (including phenoxy) is 2. The van der Waals surface area contributed by atoms with E-state index in [1.807, 2.05) is 19.9 Å². The highest BCUT2D eigenvalue weighted by Crippen LogP contribution is 2.36. The molecule has 1 aliphatic rings. The molecule has 0 radical (unpaired) electrons. The maximum Gasteiger partial charge on any atom is 0.235 e. The third-order valence-electron chi connectivity index (χ3n) is 4.67. The third kappa shape index (κ3) is 3.82. The Hall–Kier alpha value is -2.40. The normalized spacial score (nSPS) is 16.2. The Labute approximate surface area is 148 Å². The summed E-state index contributed by atoms with van der Waals surface area (Å²) in [7, 11) is 0. The van der Waals surface area contributed by atoms with Crippen LogP contribution in [0.2, 0.25) is 0 Å². The number of carbonyl (C=O) groups excluding carboxylic acids is 1. The van der Waals surface area contributed by atoms with Crippen molar-refractivity contribution < 1.29 is 14.3 Å². The number of hydrogen-bond donors (Lipinski definition) is 1. The van der Waals surface area contributed by atoms with Gasteiger partial charge in [-0.3, -0.25) is 4.79 Å². The van der Waals surface area contributed by atoms with E-state index < -0.39 is 5.41 Å². The predicted molar refractivity (Wildman–Crippen MR) is 96.9 cm³/mol. The molecule has 1 aliphatic heterocycles. The highest BCUT2D eigenvalue weighted by Gasteiger charge is 2.41. The van der Waals surface area contributed by atoms with Crippen LogP contribution in [0.5, 0.6) is 5.88 Å². The fraction of sp³-hybridized carbons (Fsp3) is 0.400. The SMILES string of the molecule is CCOc1ccc(NC(=O)C2(c3ccc(C)cc3)CCOCC2)cn1. The van der Waals surface area contributed by atoms with Crippen molar-refractivity contribution in [3.05, 3.63) is 53.7 Å². The van der Waals surface area contributed by atoms with Crippen LogP contribution < -0.4 is 10.1 Å². The Bertz CT molecular complexity index is 705. The van der Waals surface area contributed by atoms with Crippen molar-refractivity contribution in [2.75, 3.05) is 25.1 Å². The van der Waals surface area contributed by atoms with Crippen molar-refractivity contribution >= 4 is 11.6 Å². The molecule has 0 atom stereocenters. The molecule has 5 heteroatoms. The summed E-state index contributed by atoms with van der Waals surface area (Å²) in [5.74, 6) is 0.547. The molecule has 1 fully saturated rings. The molecule has 1 amide bonds. The molecular weight excluding hydrogens is 316 g/mol. The molecule has 0 spiro atoms. The van der Waals surface area contributed by atoms with E-state index in [2.05, 4.69) is 34.6 Å². The molecule has 2 aromatic rings. The Balaban J connectivity index is 1.83. The summed E-state index contributed by atoms with van der Waals surface area (Å²) < 4.78 is 10.8. The van der Waals surface area contributed by atoms with E-state index in [0.29, 0.717) is 44.2 Å². The smallest absolute Gasteiger partial charge is 0.235 e. The Kier molecular flexibility index (Phi) is 5.34. The zero-order chi connectivity index (χ0) is 17.7. The Morgan fingerprint density at radius 1 is 1.20 bits per heavy atom. The second kappa shape index (κ2) is 7.66. The first kappa shape index (κ1) is 17.4. The molecule has 5 nitrogen and oxygen atoms in total. The van der Waals surface area contributed by atoms with Crippen LogP contribution in [-0.2, 0) is 14.9 Å². The Morgan fingerprint density at radius 3 is 2.52 bits per heavy atom. The summed E-state index contributed by atoms with van der Waals surface area (Å²) in [6.45, 7) is 5.70. The van der Waals surface area contributed by atoms with E-state index in [1.54, 1.807) is 12.3 Å². The minimum atomic E-state index is -0.565. The van der Waals surface area contributed by atoms with E-state index in [1.165, 1.54) is 5.56 Å². The molecule has 0 aliphatic carbocycles. The van der Waals surface area contributed by atoms with Gasteiger partial charge in [-0.05, 0) is 38.3 Å². The van der Waals surface area contributed by atoms with Crippen molar-refractivity contribution in [1.29, 1.82) is 0 Å². The standard InChI is InChI=1S/C20H24N2O3/c1-3-25-18-9-8-17(14-21-18)22-19(23)20(10-12-24-13-11-20)16-6-4-15(2)5-7-16/h4-9,14H,3,10-13H2,1-2H3,(H,22,23). The van der Waals surface area contributed by atoms with E-state index in [9.17, 15) is 4.79 Å². The first-order chi connectivity index (χ1) is 12.1. The van der Waals surface area contributed by atoms with Gasteiger partial charge in [0.05, 0.1) is 23.9 Å². The van der Waals surface area contributed by atoms with Crippen LogP contribution in [0.15, 0.2) is 42.6 Å². The minimum Gasteiger partial charge on any atom is -0.478 e. The second-order valence-corrected chi connectivity index (χ2v) is 6.33. The number of aromatic nitrogens is 1. The van der Waals surface area contributed by atoms with Crippen LogP contribution in [0.25, 0.3) is 0 Å². The lowest BCUT2D eigenvalue weighted by molar-refractivity contribution is -0.125. The molecule has 1 aromatic carbocycles. The molecule has 0 saturated carbocycles. The van der Waals surface area contributed by atoms with Crippen molar-refractivity contribution in [3.8, 4) is 5.88 Å². The summed E-state index contributed by atoms with van der Waals surface area (Å²) in [6.07, 6.45) is 2.98. The lowest BCUT2D eigenvalue weighted by atomic mass is 9.73. The number of aryl methyl sites for hydroxylation is 1. The molecule has 3 rings (SSSR count). The number of nitrogens with zero attached hydrogens (tertiary/aromatic N) is 1. The van der Waals surface area contributed by atoms with Crippen molar-refractivity contribution in [3.63, 3.8) is 0 Å². The average Bonchev–Trinajstić information content (AvgIpc) is 2.64. The molecular formula is C20H24N2O3. The van der Waals surface area contributed by atoms with Crippen LogP contribution in [0.1, 0.15) is 30.9 Å². The lowest BCUT2D eigenvalue weighted by Gasteiger charge is -2.36. The molecule has 2 heterocycles. The van der Waals surface area contributed by atoms with Crippen molar-refractivity contribution in [2.45, 2.75) is 32.1 Å². The first-order valence-electron chi connectivity index (χ1n) is 8.69. The molecule has 1 saturated heterocycles. The highest BCUT2D eigenvalue weighted by molar-refractivity contribution is 5.99. The van der Waals surface area contributed by atoms with Gasteiger partial charge >= 0.3 is 0 Å². The summed E-state index contributed by atoms with van der Waals surface area (Å²) in [4.78, 5) is 17.4. The van der Waals surface area contributed by atoms with Gasteiger partial charge in [-0.2, -0.15) is 0 Å². The summed E-state index contributed by atoms with van der Waals surface area (Å²) in [6, 6.07) is 11.8. The average molecular weight is 340 g/mol. The number of carbonyl (C=O) groups is 1. The zero-order valence-electron chi connectivity index (χ0n) is 14.7. The van der Waals surface area contributed by atoms with Crippen LogP contribution in [-0.4, -0.2) is 30.7 Å². The van der Waals surface area contributed by atoms with Gasteiger partial charge in [0.25, 0.3) is 0 Å². The molecule has 0 bridgehead atoms. The molecule has 1 aromatic heterocycles. The number of hydrogen-bond acceptors (Lipinski definition) is 4. The van der Waals surface area contributed by atoms with Gasteiger partial charge in [-0.25, -0.2) is 4.98 Å².